The van der Waals surface area contributed by atoms with E-state index in [9.17, 15) is 0 Å². The normalized spacial score (nSPS) is 10.2. The van der Waals surface area contributed by atoms with E-state index in [0.717, 1.165) is 11.3 Å². The molecule has 11 heavy (non-hydrogen) atoms. The third-order valence-electron chi connectivity index (χ3n) is 1.35. The largest absolute Gasteiger partial charge is 0.390 e. The van der Waals surface area contributed by atoms with Gasteiger partial charge in [-0.3, -0.25) is 0 Å². The lowest BCUT2D eigenvalue weighted by atomic mass is 10.2. The molecule has 0 aliphatic heterocycles. The Morgan fingerprint density at radius 3 is 2.36 bits per heavy atom. The van der Waals surface area contributed by atoms with E-state index in [1.165, 1.54) is 6.34 Å². The molecule has 2 nitrogen and oxygen atoms in total. The molecule has 0 bridgehead atoms. The highest BCUT2D eigenvalue weighted by atomic mass is 14.8. The van der Waals surface area contributed by atoms with Crippen molar-refractivity contribution in [1.29, 1.82) is 0 Å². The van der Waals surface area contributed by atoms with E-state index in [1.54, 1.807) is 6.08 Å². The molecule has 0 aromatic heterocycles. The summed E-state index contributed by atoms with van der Waals surface area (Å²) in [5.74, 6) is 0. The zero-order valence-electron chi connectivity index (χ0n) is 6.20. The van der Waals surface area contributed by atoms with Crippen LogP contribution in [0.25, 0.3) is 6.08 Å². The highest BCUT2D eigenvalue weighted by Crippen LogP contribution is 2.12. The second-order valence-electron chi connectivity index (χ2n) is 2.07. The molecule has 2 heteroatoms. The van der Waals surface area contributed by atoms with E-state index in [4.69, 9.17) is 5.73 Å². The Kier molecular flexibility index (Phi) is 2.44. The van der Waals surface area contributed by atoms with E-state index in [2.05, 4.69) is 11.6 Å². The molecular weight excluding hydrogens is 136 g/mol. The SMILES string of the molecule is C=Cc1ccc(N=CN)cc1. The predicted molar refractivity (Wildman–Crippen MR) is 48.9 cm³/mol. The summed E-state index contributed by atoms with van der Waals surface area (Å²) < 4.78 is 0. The van der Waals surface area contributed by atoms with Crippen molar-refractivity contribution in [2.45, 2.75) is 0 Å². The molecule has 0 spiro atoms. The molecule has 0 saturated carbocycles. The number of hydrogen-bond donors (Lipinski definition) is 1. The molecule has 56 valence electrons. The van der Waals surface area contributed by atoms with E-state index in [1.807, 2.05) is 24.3 Å². The maximum atomic E-state index is 5.12. The number of hydrogen-bond acceptors (Lipinski definition) is 1. The Bertz CT molecular complexity index is 259. The molecule has 1 aromatic carbocycles. The van der Waals surface area contributed by atoms with Crippen molar-refractivity contribution in [3.63, 3.8) is 0 Å². The molecule has 0 fully saturated rings. The van der Waals surface area contributed by atoms with Crippen molar-refractivity contribution in [3.05, 3.63) is 36.4 Å². The van der Waals surface area contributed by atoms with Crippen LogP contribution in [0.3, 0.4) is 0 Å². The van der Waals surface area contributed by atoms with E-state index in [0.29, 0.717) is 0 Å². The Morgan fingerprint density at radius 2 is 1.91 bits per heavy atom. The van der Waals surface area contributed by atoms with Gasteiger partial charge in [0.2, 0.25) is 0 Å². The first-order valence-corrected chi connectivity index (χ1v) is 3.33. The lowest BCUT2D eigenvalue weighted by Gasteiger charge is -1.92. The van der Waals surface area contributed by atoms with E-state index in [-0.39, 0.29) is 0 Å². The van der Waals surface area contributed by atoms with Gasteiger partial charge in [-0.1, -0.05) is 24.8 Å². The molecule has 0 atom stereocenters. The molecule has 1 rings (SSSR count). The summed E-state index contributed by atoms with van der Waals surface area (Å²) in [6.07, 6.45) is 3.07. The second-order valence-corrected chi connectivity index (χ2v) is 2.07. The minimum atomic E-state index is 0.859. The molecule has 0 amide bonds. The van der Waals surface area contributed by atoms with Gasteiger partial charge >= 0.3 is 0 Å². The van der Waals surface area contributed by atoms with E-state index < -0.39 is 0 Å². The van der Waals surface area contributed by atoms with Gasteiger partial charge in [0.05, 0.1) is 12.0 Å². The zero-order chi connectivity index (χ0) is 8.10. The van der Waals surface area contributed by atoms with Crippen LogP contribution in [0.4, 0.5) is 5.69 Å². The Hall–Kier alpha value is -1.57. The first-order valence-electron chi connectivity index (χ1n) is 3.33. The van der Waals surface area contributed by atoms with Crippen molar-refractivity contribution in [3.8, 4) is 0 Å². The zero-order valence-corrected chi connectivity index (χ0v) is 6.20. The van der Waals surface area contributed by atoms with Gasteiger partial charge in [0.1, 0.15) is 0 Å². The first kappa shape index (κ1) is 7.54. The Labute approximate surface area is 66.1 Å². The quantitative estimate of drug-likeness (QED) is 0.502. The first-order chi connectivity index (χ1) is 5.36. The number of nitrogens with zero attached hydrogens (tertiary/aromatic N) is 1. The van der Waals surface area contributed by atoms with Gasteiger partial charge in [0.15, 0.2) is 0 Å². The molecule has 2 N–H and O–H groups in total. The molecule has 1 aromatic rings. The van der Waals surface area contributed by atoms with Gasteiger partial charge in [-0.15, -0.1) is 0 Å². The van der Waals surface area contributed by atoms with Crippen LogP contribution in [-0.2, 0) is 0 Å². The summed E-state index contributed by atoms with van der Waals surface area (Å²) in [5.41, 5.74) is 7.06. The van der Waals surface area contributed by atoms with Crippen LogP contribution in [0.1, 0.15) is 5.56 Å². The topological polar surface area (TPSA) is 38.4 Å². The number of benzene rings is 1. The van der Waals surface area contributed by atoms with Gasteiger partial charge in [-0.05, 0) is 17.7 Å². The Balaban J connectivity index is 2.91. The van der Waals surface area contributed by atoms with Crippen LogP contribution in [0.15, 0.2) is 35.8 Å². The fraction of sp³-hybridized carbons (Fsp3) is 0. The van der Waals surface area contributed by atoms with E-state index >= 15 is 0 Å². The van der Waals surface area contributed by atoms with Gasteiger partial charge < -0.3 is 5.73 Å². The summed E-state index contributed by atoms with van der Waals surface area (Å²) in [5, 5.41) is 0. The maximum Gasteiger partial charge on any atom is 0.0860 e. The minimum Gasteiger partial charge on any atom is -0.390 e. The number of rotatable bonds is 2. The molecule has 0 unspecified atom stereocenters. The van der Waals surface area contributed by atoms with Crippen LogP contribution in [0, 0.1) is 0 Å². The van der Waals surface area contributed by atoms with Crippen molar-refractivity contribution in [1.82, 2.24) is 0 Å². The summed E-state index contributed by atoms with van der Waals surface area (Å²) >= 11 is 0. The molecule has 0 aliphatic carbocycles. The van der Waals surface area contributed by atoms with Gasteiger partial charge in [0.25, 0.3) is 0 Å². The van der Waals surface area contributed by atoms with Crippen LogP contribution < -0.4 is 5.73 Å². The lowest BCUT2D eigenvalue weighted by Crippen LogP contribution is -1.85. The standard InChI is InChI=1S/C9H10N2/c1-2-8-3-5-9(6-4-8)11-7-10/h2-7H,1H2,(H2,10,11). The van der Waals surface area contributed by atoms with Crippen LogP contribution in [-0.4, -0.2) is 6.34 Å². The Morgan fingerprint density at radius 1 is 1.27 bits per heavy atom. The van der Waals surface area contributed by atoms with Crippen molar-refractivity contribution in [2.24, 2.45) is 10.7 Å². The van der Waals surface area contributed by atoms with Crippen molar-refractivity contribution < 1.29 is 0 Å². The third-order valence-corrected chi connectivity index (χ3v) is 1.35. The van der Waals surface area contributed by atoms with Crippen molar-refractivity contribution in [2.75, 3.05) is 0 Å². The summed E-state index contributed by atoms with van der Waals surface area (Å²) in [4.78, 5) is 3.90. The summed E-state index contributed by atoms with van der Waals surface area (Å²) in [6, 6.07) is 7.66. The monoisotopic (exact) mass is 146 g/mol. The van der Waals surface area contributed by atoms with Crippen LogP contribution in [0.2, 0.25) is 0 Å². The van der Waals surface area contributed by atoms with Crippen LogP contribution >= 0.6 is 0 Å². The third kappa shape index (κ3) is 1.93. The molecular formula is C9H10N2. The predicted octanol–water partition coefficient (Wildman–Crippen LogP) is 1.95. The smallest absolute Gasteiger partial charge is 0.0860 e. The van der Waals surface area contributed by atoms with Gasteiger partial charge in [-0.2, -0.15) is 0 Å². The number of aliphatic imine (C=N–C) groups is 1. The minimum absolute atomic E-state index is 0.859. The average Bonchev–Trinajstić information content (AvgIpc) is 2.07. The van der Waals surface area contributed by atoms with Crippen molar-refractivity contribution >= 4 is 18.1 Å². The lowest BCUT2D eigenvalue weighted by molar-refractivity contribution is 1.51. The fourth-order valence-corrected chi connectivity index (χ4v) is 0.783. The molecule has 0 aliphatic rings. The number of nitrogens with two attached hydrogens (primary N) is 1. The molecule has 0 saturated heterocycles. The highest BCUT2D eigenvalue weighted by Gasteiger charge is 1.86. The highest BCUT2D eigenvalue weighted by molar-refractivity contribution is 5.60. The maximum absolute atomic E-state index is 5.12. The molecule has 0 radical (unpaired) electrons. The summed E-state index contributed by atoms with van der Waals surface area (Å²) in [6.45, 7) is 3.64. The van der Waals surface area contributed by atoms with Crippen LogP contribution in [0.5, 0.6) is 0 Å². The second kappa shape index (κ2) is 3.56. The fourth-order valence-electron chi connectivity index (χ4n) is 0.783. The summed E-state index contributed by atoms with van der Waals surface area (Å²) in [7, 11) is 0. The van der Waals surface area contributed by atoms with Gasteiger partial charge in [-0.25, -0.2) is 4.99 Å². The average molecular weight is 146 g/mol. The molecule has 0 heterocycles. The van der Waals surface area contributed by atoms with Gasteiger partial charge in [0, 0.05) is 0 Å².